The summed E-state index contributed by atoms with van der Waals surface area (Å²) >= 11 is 0. The van der Waals surface area contributed by atoms with Crippen molar-refractivity contribution in [2.75, 3.05) is 12.4 Å². The van der Waals surface area contributed by atoms with Crippen molar-refractivity contribution in [3.05, 3.63) is 124 Å². The predicted octanol–water partition coefficient (Wildman–Crippen LogP) is 7.02. The molecule has 4 aromatic rings. The molecule has 0 fully saturated rings. The van der Waals surface area contributed by atoms with Crippen molar-refractivity contribution in [2.45, 2.75) is 26.2 Å². The number of nitrogens with one attached hydrogen (secondary N) is 1. The van der Waals surface area contributed by atoms with Crippen molar-refractivity contribution >= 4 is 5.69 Å². The highest BCUT2D eigenvalue weighted by Gasteiger charge is 2.47. The topological polar surface area (TPSA) is 12.0 Å². The first kappa shape index (κ1) is 18.7. The minimum atomic E-state index is -0.329. The lowest BCUT2D eigenvalue weighted by molar-refractivity contribution is 0.761. The monoisotopic (exact) mass is 389 g/mol. The molecule has 148 valence electrons. The molecule has 0 saturated carbocycles. The van der Waals surface area contributed by atoms with Gasteiger partial charge < -0.3 is 5.32 Å². The van der Waals surface area contributed by atoms with E-state index in [9.17, 15) is 0 Å². The fraction of sp³-hybridized carbons (Fsp3) is 0.172. The van der Waals surface area contributed by atoms with Crippen LogP contribution in [0.5, 0.6) is 0 Å². The minimum Gasteiger partial charge on any atom is -0.388 e. The van der Waals surface area contributed by atoms with Gasteiger partial charge in [-0.05, 0) is 65.8 Å². The molecule has 1 heteroatoms. The number of benzene rings is 4. The van der Waals surface area contributed by atoms with Crippen LogP contribution in [0.2, 0.25) is 0 Å². The fourth-order valence-corrected chi connectivity index (χ4v) is 5.24. The molecule has 0 saturated heterocycles. The molecule has 0 unspecified atom stereocenters. The van der Waals surface area contributed by atoms with E-state index >= 15 is 0 Å². The molecule has 5 rings (SSSR count). The van der Waals surface area contributed by atoms with Gasteiger partial charge >= 0.3 is 0 Å². The van der Waals surface area contributed by atoms with Crippen molar-refractivity contribution in [3.63, 3.8) is 0 Å². The Kier molecular flexibility index (Phi) is 4.29. The Morgan fingerprint density at radius 1 is 0.600 bits per heavy atom. The number of aryl methyl sites for hydroxylation is 2. The molecule has 0 amide bonds. The van der Waals surface area contributed by atoms with E-state index in [4.69, 9.17) is 0 Å². The highest BCUT2D eigenvalue weighted by molar-refractivity contribution is 5.89. The van der Waals surface area contributed by atoms with Gasteiger partial charge in [-0.3, -0.25) is 0 Å². The minimum absolute atomic E-state index is 0.329. The highest BCUT2D eigenvalue weighted by atomic mass is 14.8. The van der Waals surface area contributed by atoms with Crippen LogP contribution in [0.4, 0.5) is 5.69 Å². The maximum absolute atomic E-state index is 3.41. The SMILES string of the molecule is CNc1ccc2c(c1C)C(c1ccc(C)cc1)(c1ccc(C)cc1)c1ccccc1-2. The molecule has 30 heavy (non-hydrogen) atoms. The summed E-state index contributed by atoms with van der Waals surface area (Å²) < 4.78 is 0. The molecule has 1 N–H and O–H groups in total. The summed E-state index contributed by atoms with van der Waals surface area (Å²) in [4.78, 5) is 0. The van der Waals surface area contributed by atoms with E-state index in [1.54, 1.807) is 0 Å². The van der Waals surface area contributed by atoms with Gasteiger partial charge in [-0.1, -0.05) is 90.0 Å². The number of hydrogen-bond acceptors (Lipinski definition) is 1. The lowest BCUT2D eigenvalue weighted by Gasteiger charge is -2.35. The van der Waals surface area contributed by atoms with E-state index < -0.39 is 0 Å². The Hall–Kier alpha value is -3.32. The van der Waals surface area contributed by atoms with Crippen LogP contribution in [0.3, 0.4) is 0 Å². The third-order valence-electron chi connectivity index (χ3n) is 6.70. The zero-order chi connectivity index (χ0) is 20.9. The van der Waals surface area contributed by atoms with Gasteiger partial charge in [-0.2, -0.15) is 0 Å². The maximum Gasteiger partial charge on any atom is 0.0716 e. The standard InChI is InChI=1S/C29H27N/c1-19-9-13-22(14-10-19)29(23-15-11-20(2)12-16-23)26-8-6-5-7-24(26)25-17-18-27(30-4)21(3)28(25)29/h5-18,30H,1-4H3. The second-order valence-corrected chi connectivity index (χ2v) is 8.44. The number of anilines is 1. The van der Waals surface area contributed by atoms with Gasteiger partial charge in [0.1, 0.15) is 0 Å². The summed E-state index contributed by atoms with van der Waals surface area (Å²) in [5.74, 6) is 0. The molecule has 0 atom stereocenters. The highest BCUT2D eigenvalue weighted by Crippen LogP contribution is 2.57. The van der Waals surface area contributed by atoms with Crippen molar-refractivity contribution in [1.82, 2.24) is 0 Å². The first-order valence-electron chi connectivity index (χ1n) is 10.6. The van der Waals surface area contributed by atoms with Crippen LogP contribution in [-0.4, -0.2) is 7.05 Å². The van der Waals surface area contributed by atoms with Crippen LogP contribution in [0.25, 0.3) is 11.1 Å². The van der Waals surface area contributed by atoms with E-state index in [1.807, 2.05) is 7.05 Å². The molecule has 0 aliphatic heterocycles. The Bertz CT molecular complexity index is 1190. The molecule has 1 nitrogen and oxygen atoms in total. The molecule has 1 aliphatic rings. The summed E-state index contributed by atoms with van der Waals surface area (Å²) in [5, 5.41) is 3.41. The van der Waals surface area contributed by atoms with Crippen LogP contribution < -0.4 is 5.32 Å². The van der Waals surface area contributed by atoms with Crippen LogP contribution in [-0.2, 0) is 5.41 Å². The Balaban J connectivity index is 1.98. The maximum atomic E-state index is 3.41. The summed E-state index contributed by atoms with van der Waals surface area (Å²) in [6.07, 6.45) is 0. The van der Waals surface area contributed by atoms with E-state index in [0.29, 0.717) is 0 Å². The first-order chi connectivity index (χ1) is 14.6. The molecule has 0 aromatic heterocycles. The van der Waals surface area contributed by atoms with Crippen molar-refractivity contribution in [3.8, 4) is 11.1 Å². The molecule has 0 radical (unpaired) electrons. The van der Waals surface area contributed by atoms with Gasteiger partial charge in [0, 0.05) is 12.7 Å². The summed E-state index contributed by atoms with van der Waals surface area (Å²) in [6, 6.07) is 31.6. The van der Waals surface area contributed by atoms with Gasteiger partial charge in [0.05, 0.1) is 5.41 Å². The number of rotatable bonds is 3. The molecule has 4 aromatic carbocycles. The average Bonchev–Trinajstić information content (AvgIpc) is 3.07. The predicted molar refractivity (Wildman–Crippen MR) is 128 cm³/mol. The number of fused-ring (bicyclic) bond motifs is 3. The van der Waals surface area contributed by atoms with Crippen molar-refractivity contribution < 1.29 is 0 Å². The van der Waals surface area contributed by atoms with Gasteiger partial charge in [0.2, 0.25) is 0 Å². The van der Waals surface area contributed by atoms with E-state index in [0.717, 1.165) is 0 Å². The Morgan fingerprint density at radius 2 is 1.17 bits per heavy atom. The van der Waals surface area contributed by atoms with Crippen LogP contribution in [0.15, 0.2) is 84.9 Å². The summed E-state index contributed by atoms with van der Waals surface area (Å²) in [6.45, 7) is 6.57. The zero-order valence-electron chi connectivity index (χ0n) is 18.1. The van der Waals surface area contributed by atoms with Gasteiger partial charge in [-0.25, -0.2) is 0 Å². The fourth-order valence-electron chi connectivity index (χ4n) is 5.24. The molecular formula is C29H27N. The van der Waals surface area contributed by atoms with E-state index in [2.05, 4.69) is 111 Å². The molecular weight excluding hydrogens is 362 g/mol. The van der Waals surface area contributed by atoms with Crippen LogP contribution in [0.1, 0.15) is 38.9 Å². The lowest BCUT2D eigenvalue weighted by atomic mass is 9.66. The zero-order valence-corrected chi connectivity index (χ0v) is 18.1. The number of hydrogen-bond donors (Lipinski definition) is 1. The molecule has 0 heterocycles. The smallest absolute Gasteiger partial charge is 0.0716 e. The Morgan fingerprint density at radius 3 is 1.73 bits per heavy atom. The summed E-state index contributed by atoms with van der Waals surface area (Å²) in [7, 11) is 2.01. The van der Waals surface area contributed by atoms with E-state index in [-0.39, 0.29) is 5.41 Å². The van der Waals surface area contributed by atoms with Gasteiger partial charge in [0.25, 0.3) is 0 Å². The molecule has 0 bridgehead atoms. The normalized spacial score (nSPS) is 13.6. The third-order valence-corrected chi connectivity index (χ3v) is 6.70. The first-order valence-corrected chi connectivity index (χ1v) is 10.6. The van der Waals surface area contributed by atoms with Crippen LogP contribution in [0, 0.1) is 20.8 Å². The Labute approximate surface area is 179 Å². The third kappa shape index (κ3) is 2.48. The quantitative estimate of drug-likeness (QED) is 0.350. The lowest BCUT2D eigenvalue weighted by Crippen LogP contribution is -2.29. The largest absolute Gasteiger partial charge is 0.388 e. The average molecular weight is 390 g/mol. The van der Waals surface area contributed by atoms with Crippen molar-refractivity contribution in [2.24, 2.45) is 0 Å². The molecule has 1 aliphatic carbocycles. The van der Waals surface area contributed by atoms with E-state index in [1.165, 1.54) is 55.8 Å². The second-order valence-electron chi connectivity index (χ2n) is 8.44. The van der Waals surface area contributed by atoms with Crippen molar-refractivity contribution in [1.29, 1.82) is 0 Å². The second kappa shape index (κ2) is 6.88. The van der Waals surface area contributed by atoms with Gasteiger partial charge in [0.15, 0.2) is 0 Å². The molecule has 0 spiro atoms. The summed E-state index contributed by atoms with van der Waals surface area (Å²) in [5.41, 5.74) is 12.8. The van der Waals surface area contributed by atoms with Gasteiger partial charge in [-0.15, -0.1) is 0 Å². The van der Waals surface area contributed by atoms with Crippen LogP contribution >= 0.6 is 0 Å².